The maximum atomic E-state index is 13.2. The molecule has 0 amide bonds. The molecule has 1 aromatic heterocycles. The topological polar surface area (TPSA) is 49.7 Å². The smallest absolute Gasteiger partial charge is 0.256 e. The number of benzene rings is 3. The zero-order valence-electron chi connectivity index (χ0n) is 16.5. The fourth-order valence-electron chi connectivity index (χ4n) is 3.66. The molecule has 0 unspecified atom stereocenters. The van der Waals surface area contributed by atoms with Crippen LogP contribution in [-0.2, 0) is 0 Å². The van der Waals surface area contributed by atoms with Crippen LogP contribution in [0.25, 0.3) is 27.7 Å². The van der Waals surface area contributed by atoms with Gasteiger partial charge in [0.2, 0.25) is 5.75 Å². The highest BCUT2D eigenvalue weighted by Gasteiger charge is 2.23. The Hall–Kier alpha value is -3.73. The Morgan fingerprint density at radius 1 is 0.724 bits per heavy atom. The van der Waals surface area contributed by atoms with E-state index in [1.807, 2.05) is 60.7 Å². The fraction of sp³-hybridized carbons (Fsp3) is 0.125. The molecule has 0 fully saturated rings. The van der Waals surface area contributed by atoms with Crippen LogP contribution in [0.4, 0.5) is 0 Å². The number of nitrogens with zero attached hydrogens (tertiary/aromatic N) is 1. The quantitative estimate of drug-likeness (QED) is 0.499. The lowest BCUT2D eigenvalue weighted by molar-refractivity contribution is 0.327. The van der Waals surface area contributed by atoms with Crippen molar-refractivity contribution in [3.8, 4) is 34.2 Å². The van der Waals surface area contributed by atoms with E-state index in [9.17, 15) is 4.79 Å². The summed E-state index contributed by atoms with van der Waals surface area (Å²) < 4.78 is 18.5. The molecule has 4 rings (SSSR count). The van der Waals surface area contributed by atoms with Crippen molar-refractivity contribution in [2.75, 3.05) is 21.3 Å². The van der Waals surface area contributed by atoms with E-state index in [0.29, 0.717) is 17.2 Å². The largest absolute Gasteiger partial charge is 0.493 e. The molecule has 29 heavy (non-hydrogen) atoms. The van der Waals surface area contributed by atoms with Gasteiger partial charge in [0.1, 0.15) is 0 Å². The number of methoxy groups -OCH3 is 3. The highest BCUT2D eigenvalue weighted by Crippen LogP contribution is 2.46. The molecule has 0 saturated heterocycles. The lowest BCUT2D eigenvalue weighted by atomic mass is 10.0. The zero-order valence-corrected chi connectivity index (χ0v) is 16.5. The molecule has 0 radical (unpaired) electrons. The molecule has 1 heterocycles. The molecule has 0 aliphatic heterocycles. The van der Waals surface area contributed by atoms with Crippen molar-refractivity contribution in [1.29, 1.82) is 0 Å². The van der Waals surface area contributed by atoms with E-state index in [2.05, 4.69) is 0 Å². The van der Waals surface area contributed by atoms with Crippen molar-refractivity contribution in [3.63, 3.8) is 0 Å². The number of pyridine rings is 1. The Kier molecular flexibility index (Phi) is 4.96. The van der Waals surface area contributed by atoms with E-state index in [4.69, 9.17) is 14.2 Å². The van der Waals surface area contributed by atoms with E-state index < -0.39 is 0 Å². The third-order valence-corrected chi connectivity index (χ3v) is 4.88. The van der Waals surface area contributed by atoms with Crippen molar-refractivity contribution in [2.24, 2.45) is 0 Å². The van der Waals surface area contributed by atoms with E-state index in [-0.39, 0.29) is 5.56 Å². The summed E-state index contributed by atoms with van der Waals surface area (Å²) in [4.78, 5) is 13.2. The van der Waals surface area contributed by atoms with Crippen LogP contribution in [0.1, 0.15) is 0 Å². The van der Waals surface area contributed by atoms with Crippen LogP contribution >= 0.6 is 0 Å². The maximum Gasteiger partial charge on any atom is 0.256 e. The summed E-state index contributed by atoms with van der Waals surface area (Å²) >= 11 is 0. The van der Waals surface area contributed by atoms with E-state index in [1.165, 1.54) is 0 Å². The Bertz CT molecular complexity index is 1210. The first-order valence-electron chi connectivity index (χ1n) is 9.19. The summed E-state index contributed by atoms with van der Waals surface area (Å²) in [7, 11) is 4.72. The average Bonchev–Trinajstić information content (AvgIpc) is 2.77. The van der Waals surface area contributed by atoms with Crippen LogP contribution in [0.15, 0.2) is 77.6 Å². The molecule has 0 aliphatic carbocycles. The minimum atomic E-state index is -0.142. The van der Waals surface area contributed by atoms with Gasteiger partial charge >= 0.3 is 0 Å². The van der Waals surface area contributed by atoms with E-state index in [1.54, 1.807) is 38.0 Å². The molecule has 0 atom stereocenters. The molecule has 0 aliphatic rings. The summed E-state index contributed by atoms with van der Waals surface area (Å²) in [5.41, 5.74) is 2.26. The van der Waals surface area contributed by atoms with Gasteiger partial charge < -0.3 is 14.2 Å². The molecule has 0 bridgehead atoms. The van der Waals surface area contributed by atoms with Crippen molar-refractivity contribution in [3.05, 3.63) is 83.2 Å². The molecule has 3 aromatic carbocycles. The number of ether oxygens (including phenoxy) is 3. The number of para-hydroxylation sites is 1. The van der Waals surface area contributed by atoms with Gasteiger partial charge in [-0.25, -0.2) is 0 Å². The molecule has 5 nitrogen and oxygen atoms in total. The van der Waals surface area contributed by atoms with Gasteiger partial charge in [-0.15, -0.1) is 0 Å². The van der Waals surface area contributed by atoms with E-state index >= 15 is 0 Å². The van der Waals surface area contributed by atoms with Gasteiger partial charge in [0.15, 0.2) is 11.5 Å². The first-order valence-corrected chi connectivity index (χ1v) is 9.19. The summed E-state index contributed by atoms with van der Waals surface area (Å²) in [6.45, 7) is 0. The minimum Gasteiger partial charge on any atom is -0.493 e. The van der Waals surface area contributed by atoms with E-state index in [0.717, 1.165) is 27.7 Å². The third-order valence-electron chi connectivity index (χ3n) is 4.88. The predicted molar refractivity (Wildman–Crippen MR) is 115 cm³/mol. The standard InChI is InChI=1S/C24H21NO4/c1-27-19-14-17-15-20(26)25(18-12-8-5-9-13-18)22(16-10-6-4-7-11-16)21(17)24(29-3)23(19)28-2/h4-15H,1-3H3. The van der Waals surface area contributed by atoms with Crippen molar-refractivity contribution in [1.82, 2.24) is 4.57 Å². The van der Waals surface area contributed by atoms with Crippen LogP contribution in [0, 0.1) is 0 Å². The van der Waals surface area contributed by atoms with Crippen LogP contribution in [0.2, 0.25) is 0 Å². The Morgan fingerprint density at radius 2 is 1.34 bits per heavy atom. The summed E-state index contributed by atoms with van der Waals surface area (Å²) in [5, 5.41) is 1.50. The summed E-state index contributed by atoms with van der Waals surface area (Å²) in [6, 6.07) is 22.8. The second-order valence-corrected chi connectivity index (χ2v) is 6.48. The molecule has 0 spiro atoms. The van der Waals surface area contributed by atoms with Crippen LogP contribution in [-0.4, -0.2) is 25.9 Å². The molecular formula is C24H21NO4. The third kappa shape index (κ3) is 3.10. The Morgan fingerprint density at radius 3 is 1.93 bits per heavy atom. The Labute approximate surface area is 168 Å². The predicted octanol–water partition coefficient (Wildman–Crippen LogP) is 4.68. The highest BCUT2D eigenvalue weighted by molar-refractivity contribution is 6.02. The highest BCUT2D eigenvalue weighted by atomic mass is 16.5. The summed E-state index contributed by atoms with van der Waals surface area (Å²) in [6.07, 6.45) is 0. The first-order chi connectivity index (χ1) is 14.2. The molecule has 0 saturated carbocycles. The second kappa shape index (κ2) is 7.72. The number of fused-ring (bicyclic) bond motifs is 1. The van der Waals surface area contributed by atoms with Gasteiger partial charge in [-0.3, -0.25) is 9.36 Å². The molecule has 146 valence electrons. The summed E-state index contributed by atoms with van der Waals surface area (Å²) in [5.74, 6) is 1.51. The number of aromatic nitrogens is 1. The van der Waals surface area contributed by atoms with Gasteiger partial charge in [0.05, 0.1) is 32.4 Å². The SMILES string of the molecule is COc1cc2cc(=O)n(-c3ccccc3)c(-c3ccccc3)c2c(OC)c1OC. The number of hydrogen-bond acceptors (Lipinski definition) is 4. The van der Waals surface area contributed by atoms with Gasteiger partial charge in [0, 0.05) is 11.8 Å². The molecule has 4 aromatic rings. The first kappa shape index (κ1) is 18.6. The number of rotatable bonds is 5. The van der Waals surface area contributed by atoms with Gasteiger partial charge in [-0.2, -0.15) is 0 Å². The van der Waals surface area contributed by atoms with Crippen molar-refractivity contribution >= 4 is 10.8 Å². The second-order valence-electron chi connectivity index (χ2n) is 6.48. The van der Waals surface area contributed by atoms with Crippen molar-refractivity contribution in [2.45, 2.75) is 0 Å². The Balaban J connectivity index is 2.25. The number of hydrogen-bond donors (Lipinski definition) is 0. The van der Waals surface area contributed by atoms with Crippen molar-refractivity contribution < 1.29 is 14.2 Å². The van der Waals surface area contributed by atoms with Crippen LogP contribution in [0.3, 0.4) is 0 Å². The maximum absolute atomic E-state index is 13.2. The lowest BCUT2D eigenvalue weighted by Crippen LogP contribution is -2.20. The average molecular weight is 387 g/mol. The van der Waals surface area contributed by atoms with Gasteiger partial charge in [0.25, 0.3) is 5.56 Å². The van der Waals surface area contributed by atoms with Crippen LogP contribution < -0.4 is 19.8 Å². The fourth-order valence-corrected chi connectivity index (χ4v) is 3.66. The van der Waals surface area contributed by atoms with Gasteiger partial charge in [-0.05, 0) is 29.1 Å². The molecule has 0 N–H and O–H groups in total. The van der Waals surface area contributed by atoms with Crippen LogP contribution in [0.5, 0.6) is 17.2 Å². The zero-order chi connectivity index (χ0) is 20.4. The minimum absolute atomic E-state index is 0.142. The molecular weight excluding hydrogens is 366 g/mol. The molecule has 5 heteroatoms. The van der Waals surface area contributed by atoms with Gasteiger partial charge in [-0.1, -0.05) is 48.5 Å². The lowest BCUT2D eigenvalue weighted by Gasteiger charge is -2.20. The normalized spacial score (nSPS) is 10.7. The monoisotopic (exact) mass is 387 g/mol.